The van der Waals surface area contributed by atoms with Gasteiger partial charge in [-0.15, -0.1) is 0 Å². The first-order chi connectivity index (χ1) is 10.0. The zero-order chi connectivity index (χ0) is 15.4. The average molecular weight is 305 g/mol. The Kier molecular flexibility index (Phi) is 6.92. The van der Waals surface area contributed by atoms with Gasteiger partial charge in [0.1, 0.15) is 11.3 Å². The maximum absolute atomic E-state index is 11.8. The van der Waals surface area contributed by atoms with Gasteiger partial charge in [0.15, 0.2) is 0 Å². The lowest BCUT2D eigenvalue weighted by Crippen LogP contribution is -2.07. The SMILES string of the molecule is C.CCCC(CCC(C)C(C)C)c1cc2c(=O)[nH]ccc2o1. The van der Waals surface area contributed by atoms with Gasteiger partial charge in [0, 0.05) is 12.1 Å². The summed E-state index contributed by atoms with van der Waals surface area (Å²) in [6.45, 7) is 9.08. The van der Waals surface area contributed by atoms with Crippen molar-refractivity contribution in [3.05, 3.63) is 34.4 Å². The second-order valence-corrected chi connectivity index (χ2v) is 6.52. The Balaban J connectivity index is 0.00000242. The average Bonchev–Trinajstić information content (AvgIpc) is 2.88. The van der Waals surface area contributed by atoms with Crippen LogP contribution < -0.4 is 5.56 Å². The van der Waals surface area contributed by atoms with E-state index in [1.54, 1.807) is 6.20 Å². The number of hydrogen-bond acceptors (Lipinski definition) is 2. The Morgan fingerprint density at radius 1 is 1.18 bits per heavy atom. The lowest BCUT2D eigenvalue weighted by Gasteiger charge is -2.19. The van der Waals surface area contributed by atoms with Gasteiger partial charge in [-0.25, -0.2) is 0 Å². The van der Waals surface area contributed by atoms with Crippen LogP contribution in [0.2, 0.25) is 0 Å². The molecule has 2 heterocycles. The molecule has 0 aromatic carbocycles. The van der Waals surface area contributed by atoms with Gasteiger partial charge in [0.2, 0.25) is 0 Å². The molecule has 0 bridgehead atoms. The van der Waals surface area contributed by atoms with Crippen LogP contribution in [0.15, 0.2) is 27.5 Å². The van der Waals surface area contributed by atoms with E-state index < -0.39 is 0 Å². The summed E-state index contributed by atoms with van der Waals surface area (Å²) in [7, 11) is 0. The van der Waals surface area contributed by atoms with Crippen LogP contribution in [-0.2, 0) is 0 Å². The molecule has 2 rings (SSSR count). The van der Waals surface area contributed by atoms with Gasteiger partial charge in [-0.05, 0) is 43.2 Å². The highest BCUT2D eigenvalue weighted by Gasteiger charge is 2.18. The topological polar surface area (TPSA) is 46.0 Å². The van der Waals surface area contributed by atoms with Gasteiger partial charge in [0.25, 0.3) is 5.56 Å². The molecular weight excluding hydrogens is 274 g/mol. The summed E-state index contributed by atoms with van der Waals surface area (Å²) in [5, 5.41) is 0.672. The highest BCUT2D eigenvalue weighted by Crippen LogP contribution is 2.32. The van der Waals surface area contributed by atoms with Crippen LogP contribution in [-0.4, -0.2) is 4.98 Å². The minimum atomic E-state index is -0.0618. The summed E-state index contributed by atoms with van der Waals surface area (Å²) in [5.41, 5.74) is 0.639. The van der Waals surface area contributed by atoms with Gasteiger partial charge in [0.05, 0.1) is 5.39 Å². The molecule has 124 valence electrons. The molecule has 0 amide bonds. The Bertz CT molecular complexity index is 624. The molecule has 0 fully saturated rings. The molecule has 0 aliphatic rings. The minimum absolute atomic E-state index is 0. The maximum atomic E-state index is 11.8. The summed E-state index contributed by atoms with van der Waals surface area (Å²) in [6.07, 6.45) is 6.23. The summed E-state index contributed by atoms with van der Waals surface area (Å²) in [6, 6.07) is 3.77. The molecule has 22 heavy (non-hydrogen) atoms. The summed E-state index contributed by atoms with van der Waals surface area (Å²) >= 11 is 0. The molecule has 1 N–H and O–H groups in total. The number of fused-ring (bicyclic) bond motifs is 1. The third-order valence-electron chi connectivity index (χ3n) is 4.62. The fraction of sp³-hybridized carbons (Fsp3) is 0.632. The first kappa shape index (κ1) is 18.5. The van der Waals surface area contributed by atoms with Crippen molar-refractivity contribution in [1.82, 2.24) is 4.98 Å². The Morgan fingerprint density at radius 2 is 1.91 bits per heavy atom. The van der Waals surface area contributed by atoms with Gasteiger partial charge in [-0.1, -0.05) is 41.5 Å². The fourth-order valence-corrected chi connectivity index (χ4v) is 2.77. The number of nitrogens with one attached hydrogen (secondary N) is 1. The van der Waals surface area contributed by atoms with Crippen molar-refractivity contribution >= 4 is 11.0 Å². The quantitative estimate of drug-likeness (QED) is 0.711. The van der Waals surface area contributed by atoms with Gasteiger partial charge >= 0.3 is 0 Å². The van der Waals surface area contributed by atoms with Crippen LogP contribution in [0.25, 0.3) is 11.0 Å². The molecule has 2 aromatic heterocycles. The van der Waals surface area contributed by atoms with E-state index in [1.165, 1.54) is 6.42 Å². The molecule has 0 saturated heterocycles. The molecule has 3 heteroatoms. The number of hydrogen-bond donors (Lipinski definition) is 1. The second-order valence-electron chi connectivity index (χ2n) is 6.52. The predicted molar refractivity (Wildman–Crippen MR) is 94.5 cm³/mol. The molecule has 2 aromatic rings. The van der Waals surface area contributed by atoms with Crippen molar-refractivity contribution < 1.29 is 4.42 Å². The normalized spacial score (nSPS) is 14.0. The number of pyridine rings is 1. The molecule has 3 nitrogen and oxygen atoms in total. The monoisotopic (exact) mass is 305 g/mol. The standard InChI is InChI=1S/C18H27NO2.CH4/c1-5-6-14(8-7-13(4)12(2)3)17-11-15-16(21-17)9-10-19-18(15)20;/h9-14H,5-8H2,1-4H3,(H,19,20);1H4. The number of aromatic amines is 1. The van der Waals surface area contributed by atoms with Crippen LogP contribution in [0.4, 0.5) is 0 Å². The third-order valence-corrected chi connectivity index (χ3v) is 4.62. The molecule has 0 aliphatic carbocycles. The molecule has 0 radical (unpaired) electrons. The molecule has 0 saturated carbocycles. The second kappa shape index (κ2) is 8.21. The minimum Gasteiger partial charge on any atom is -0.461 e. The Labute approximate surface area is 134 Å². The first-order valence-electron chi connectivity index (χ1n) is 8.14. The fourth-order valence-electron chi connectivity index (χ4n) is 2.77. The van der Waals surface area contributed by atoms with Crippen molar-refractivity contribution in [2.45, 2.75) is 66.7 Å². The van der Waals surface area contributed by atoms with E-state index in [0.29, 0.717) is 22.8 Å². The van der Waals surface area contributed by atoms with Crippen molar-refractivity contribution in [2.75, 3.05) is 0 Å². The third kappa shape index (κ3) is 4.25. The lowest BCUT2D eigenvalue weighted by molar-refractivity contribution is 0.347. The van der Waals surface area contributed by atoms with Crippen molar-refractivity contribution in [3.63, 3.8) is 0 Å². The number of aromatic nitrogens is 1. The van der Waals surface area contributed by atoms with Crippen LogP contribution in [0.5, 0.6) is 0 Å². The summed E-state index contributed by atoms with van der Waals surface area (Å²) in [5.74, 6) is 2.82. The highest BCUT2D eigenvalue weighted by molar-refractivity contribution is 5.76. The van der Waals surface area contributed by atoms with E-state index in [2.05, 4.69) is 32.7 Å². The first-order valence-corrected chi connectivity index (χ1v) is 8.14. The maximum Gasteiger partial charge on any atom is 0.259 e. The van der Waals surface area contributed by atoms with Gasteiger partial charge in [-0.3, -0.25) is 4.79 Å². The summed E-state index contributed by atoms with van der Waals surface area (Å²) in [4.78, 5) is 14.5. The van der Waals surface area contributed by atoms with Crippen LogP contribution >= 0.6 is 0 Å². The largest absolute Gasteiger partial charge is 0.461 e. The van der Waals surface area contributed by atoms with Crippen LogP contribution in [0, 0.1) is 11.8 Å². The number of furan rings is 1. The van der Waals surface area contributed by atoms with Crippen LogP contribution in [0.1, 0.15) is 72.5 Å². The lowest BCUT2D eigenvalue weighted by atomic mass is 9.87. The van der Waals surface area contributed by atoms with Gasteiger partial charge in [-0.2, -0.15) is 0 Å². The van der Waals surface area contributed by atoms with E-state index in [4.69, 9.17) is 4.42 Å². The highest BCUT2D eigenvalue weighted by atomic mass is 16.3. The van der Waals surface area contributed by atoms with Crippen molar-refractivity contribution in [1.29, 1.82) is 0 Å². The van der Waals surface area contributed by atoms with E-state index in [9.17, 15) is 4.79 Å². The van der Waals surface area contributed by atoms with Crippen molar-refractivity contribution in [3.8, 4) is 0 Å². The zero-order valence-electron chi connectivity index (χ0n) is 13.6. The van der Waals surface area contributed by atoms with E-state index in [1.807, 2.05) is 12.1 Å². The smallest absolute Gasteiger partial charge is 0.259 e. The molecular formula is C19H31NO2. The Morgan fingerprint density at radius 3 is 2.50 bits per heavy atom. The molecule has 2 atom stereocenters. The van der Waals surface area contributed by atoms with Crippen LogP contribution in [0.3, 0.4) is 0 Å². The molecule has 2 unspecified atom stereocenters. The van der Waals surface area contributed by atoms with Gasteiger partial charge < -0.3 is 9.40 Å². The summed E-state index contributed by atoms with van der Waals surface area (Å²) < 4.78 is 5.94. The van der Waals surface area contributed by atoms with Crippen molar-refractivity contribution in [2.24, 2.45) is 11.8 Å². The zero-order valence-corrected chi connectivity index (χ0v) is 13.6. The van der Waals surface area contributed by atoms with E-state index in [-0.39, 0.29) is 13.0 Å². The van der Waals surface area contributed by atoms with E-state index in [0.717, 1.165) is 30.9 Å². The Hall–Kier alpha value is -1.51. The molecule has 0 aliphatic heterocycles. The van der Waals surface area contributed by atoms with E-state index >= 15 is 0 Å². The number of H-pyrrole nitrogens is 1. The predicted octanol–water partition coefficient (Wildman–Crippen LogP) is 5.71. The molecule has 0 spiro atoms. The number of rotatable bonds is 7.